The Morgan fingerprint density at radius 3 is 2.50 bits per heavy atom. The Balaban J connectivity index is 2.87. The van der Waals surface area contributed by atoms with Crippen molar-refractivity contribution in [3.8, 4) is 5.69 Å². The minimum atomic E-state index is -0.514. The molecule has 2 aromatic rings. The van der Waals surface area contributed by atoms with E-state index in [2.05, 4.69) is 22.5 Å². The van der Waals surface area contributed by atoms with E-state index < -0.39 is 5.24 Å². The van der Waals surface area contributed by atoms with E-state index in [0.29, 0.717) is 10.2 Å². The smallest absolute Gasteiger partial charge is 0.270 e. The summed E-state index contributed by atoms with van der Waals surface area (Å²) in [6, 6.07) is 9.58. The average Bonchev–Trinajstić information content (AvgIpc) is 2.73. The van der Waals surface area contributed by atoms with E-state index in [1.165, 1.54) is 0 Å². The van der Waals surface area contributed by atoms with Gasteiger partial charge >= 0.3 is 0 Å². The lowest BCUT2D eigenvalue weighted by Crippen LogP contribution is -2.04. The van der Waals surface area contributed by atoms with Crippen LogP contribution in [0.5, 0.6) is 0 Å². The molecule has 1 aromatic carbocycles. The van der Waals surface area contributed by atoms with Gasteiger partial charge in [0.15, 0.2) is 0 Å². The van der Waals surface area contributed by atoms with Crippen molar-refractivity contribution in [2.24, 2.45) is 0 Å². The van der Waals surface area contributed by atoms with Gasteiger partial charge in [0.1, 0.15) is 5.69 Å². The first-order valence-electron chi connectivity index (χ1n) is 6.06. The van der Waals surface area contributed by atoms with E-state index in [1.807, 2.05) is 54.0 Å². The van der Waals surface area contributed by atoms with Gasteiger partial charge in [0.2, 0.25) is 0 Å². The van der Waals surface area contributed by atoms with Crippen LogP contribution in [-0.2, 0) is 0 Å². The number of para-hydroxylation sites is 1. The summed E-state index contributed by atoms with van der Waals surface area (Å²) in [5.41, 5.74) is 2.98. The first-order chi connectivity index (χ1) is 9.61. The molecule has 0 amide bonds. The molecule has 2 rings (SSSR count). The van der Waals surface area contributed by atoms with Crippen LogP contribution in [0.3, 0.4) is 0 Å². The lowest BCUT2D eigenvalue weighted by molar-refractivity contribution is 0.107. The number of aromatic nitrogens is 1. The highest BCUT2D eigenvalue weighted by Gasteiger charge is 2.23. The number of rotatable bonds is 4. The lowest BCUT2D eigenvalue weighted by atomic mass is 10.2. The van der Waals surface area contributed by atoms with Gasteiger partial charge in [-0.2, -0.15) is 0 Å². The van der Waals surface area contributed by atoms with E-state index in [-0.39, 0.29) is 0 Å². The van der Waals surface area contributed by atoms with Crippen LogP contribution >= 0.6 is 27.5 Å². The second kappa shape index (κ2) is 6.25. The summed E-state index contributed by atoms with van der Waals surface area (Å²) in [4.78, 5) is 11.8. The predicted octanol–water partition coefficient (Wildman–Crippen LogP) is 5.29. The Morgan fingerprint density at radius 1 is 1.35 bits per heavy atom. The van der Waals surface area contributed by atoms with Crippen LogP contribution in [0.2, 0.25) is 0 Å². The molecule has 0 saturated carbocycles. The molecule has 1 heterocycles. The molecule has 20 heavy (non-hydrogen) atoms. The molecule has 0 aliphatic rings. The predicted molar refractivity (Wildman–Crippen MR) is 88.5 cm³/mol. The van der Waals surface area contributed by atoms with Crippen molar-refractivity contribution in [1.29, 1.82) is 0 Å². The van der Waals surface area contributed by atoms with Crippen molar-refractivity contribution >= 4 is 44.9 Å². The van der Waals surface area contributed by atoms with Crippen molar-refractivity contribution in [2.75, 3.05) is 0 Å². The van der Waals surface area contributed by atoms with Crippen LogP contribution in [0.15, 0.2) is 47.5 Å². The van der Waals surface area contributed by atoms with E-state index in [4.69, 9.17) is 11.6 Å². The van der Waals surface area contributed by atoms with Gasteiger partial charge in [-0.05, 0) is 52.7 Å². The van der Waals surface area contributed by atoms with E-state index in [1.54, 1.807) is 6.08 Å². The zero-order chi connectivity index (χ0) is 14.7. The Hall–Kier alpha value is -1.58. The molecule has 4 heteroatoms. The fourth-order valence-electron chi connectivity index (χ4n) is 2.12. The van der Waals surface area contributed by atoms with Gasteiger partial charge in [-0.25, -0.2) is 0 Å². The number of hydrogen-bond donors (Lipinski definition) is 0. The lowest BCUT2D eigenvalue weighted by Gasteiger charge is -2.09. The SMILES string of the molecule is C=Cc1c(/C=C\C)c(Br)c(C(=O)Cl)n1-c1ccccc1. The first-order valence-corrected chi connectivity index (χ1v) is 7.23. The van der Waals surface area contributed by atoms with E-state index >= 15 is 0 Å². The number of carbonyl (C=O) groups is 1. The molecule has 0 atom stereocenters. The molecule has 0 saturated heterocycles. The molecule has 102 valence electrons. The number of hydrogen-bond acceptors (Lipinski definition) is 1. The highest BCUT2D eigenvalue weighted by Crippen LogP contribution is 2.34. The van der Waals surface area contributed by atoms with Crippen molar-refractivity contribution < 1.29 is 4.79 Å². The van der Waals surface area contributed by atoms with Crippen LogP contribution in [-0.4, -0.2) is 9.81 Å². The third-order valence-corrected chi connectivity index (χ3v) is 3.89. The molecule has 0 N–H and O–H groups in total. The summed E-state index contributed by atoms with van der Waals surface area (Å²) in [5, 5.41) is -0.514. The molecule has 0 radical (unpaired) electrons. The molecular weight excluding hydrogens is 338 g/mol. The molecule has 0 fully saturated rings. The van der Waals surface area contributed by atoms with Gasteiger partial charge in [-0.1, -0.05) is 36.9 Å². The molecule has 0 bridgehead atoms. The van der Waals surface area contributed by atoms with Crippen LogP contribution in [0, 0.1) is 0 Å². The summed E-state index contributed by atoms with van der Waals surface area (Å²) in [6.07, 6.45) is 5.55. The average molecular weight is 351 g/mol. The molecule has 0 unspecified atom stereocenters. The Kier molecular flexibility index (Phi) is 4.63. The van der Waals surface area contributed by atoms with E-state index in [9.17, 15) is 4.79 Å². The first kappa shape index (κ1) is 14.8. The maximum absolute atomic E-state index is 11.8. The summed E-state index contributed by atoms with van der Waals surface area (Å²) in [5.74, 6) is 0. The maximum atomic E-state index is 11.8. The van der Waals surface area contributed by atoms with Gasteiger partial charge in [0, 0.05) is 11.3 Å². The van der Waals surface area contributed by atoms with Crippen molar-refractivity contribution in [1.82, 2.24) is 4.57 Å². The number of allylic oxidation sites excluding steroid dienone is 1. The molecule has 2 nitrogen and oxygen atoms in total. The molecule has 1 aromatic heterocycles. The third-order valence-electron chi connectivity index (χ3n) is 2.91. The van der Waals surface area contributed by atoms with Crippen molar-refractivity contribution in [2.45, 2.75) is 6.92 Å². The summed E-state index contributed by atoms with van der Waals surface area (Å²) < 4.78 is 2.48. The fourth-order valence-corrected chi connectivity index (χ4v) is 3.11. The van der Waals surface area contributed by atoms with Gasteiger partial charge in [-0.15, -0.1) is 0 Å². The van der Waals surface area contributed by atoms with Crippen LogP contribution in [0.25, 0.3) is 17.8 Å². The maximum Gasteiger partial charge on any atom is 0.270 e. The zero-order valence-electron chi connectivity index (χ0n) is 10.9. The van der Waals surface area contributed by atoms with E-state index in [0.717, 1.165) is 16.9 Å². The second-order valence-electron chi connectivity index (χ2n) is 4.11. The van der Waals surface area contributed by atoms with Gasteiger partial charge in [-0.3, -0.25) is 4.79 Å². The standard InChI is InChI=1S/C16H13BrClNO/c1-3-8-12-13(4-2)19(11-9-6-5-7-10-11)15(14(12)17)16(18)20/h3-10H,2H2,1H3/b8-3-. The molecule has 0 aliphatic carbocycles. The van der Waals surface area contributed by atoms with Crippen molar-refractivity contribution in [3.63, 3.8) is 0 Å². The topological polar surface area (TPSA) is 22.0 Å². The number of nitrogens with zero attached hydrogens (tertiary/aromatic N) is 1. The normalized spacial score (nSPS) is 10.9. The van der Waals surface area contributed by atoms with Gasteiger partial charge < -0.3 is 4.57 Å². The Morgan fingerprint density at radius 2 is 2.00 bits per heavy atom. The number of carbonyl (C=O) groups excluding carboxylic acids is 1. The third kappa shape index (κ3) is 2.51. The summed E-state index contributed by atoms with van der Waals surface area (Å²) in [6.45, 7) is 5.76. The van der Waals surface area contributed by atoms with Crippen LogP contribution in [0.1, 0.15) is 28.7 Å². The second-order valence-corrected chi connectivity index (χ2v) is 5.25. The quantitative estimate of drug-likeness (QED) is 0.686. The monoisotopic (exact) mass is 349 g/mol. The Bertz CT molecular complexity index is 686. The molecule has 0 aliphatic heterocycles. The largest absolute Gasteiger partial charge is 0.305 e. The number of halogens is 2. The summed E-state index contributed by atoms with van der Waals surface area (Å²) >= 11 is 9.23. The fraction of sp³-hybridized carbons (Fsp3) is 0.0625. The van der Waals surface area contributed by atoms with Crippen LogP contribution in [0.4, 0.5) is 0 Å². The highest BCUT2D eigenvalue weighted by molar-refractivity contribution is 9.10. The Labute approximate surface area is 131 Å². The highest BCUT2D eigenvalue weighted by atomic mass is 79.9. The van der Waals surface area contributed by atoms with Crippen molar-refractivity contribution in [3.05, 3.63) is 64.4 Å². The zero-order valence-corrected chi connectivity index (χ0v) is 13.3. The minimum Gasteiger partial charge on any atom is -0.305 e. The molecular formula is C16H13BrClNO. The minimum absolute atomic E-state index is 0.404. The van der Waals surface area contributed by atoms with Gasteiger partial charge in [0.05, 0.1) is 10.2 Å². The van der Waals surface area contributed by atoms with Crippen LogP contribution < -0.4 is 0 Å². The number of benzene rings is 1. The molecule has 0 spiro atoms. The summed E-state index contributed by atoms with van der Waals surface area (Å²) in [7, 11) is 0. The van der Waals surface area contributed by atoms with Gasteiger partial charge in [0.25, 0.3) is 5.24 Å².